The number of aryl methyl sites for hydroxylation is 1. The highest BCUT2D eigenvalue weighted by molar-refractivity contribution is 7.86. The molecule has 1 N–H and O–H groups in total. The van der Waals surface area contributed by atoms with Crippen molar-refractivity contribution in [2.45, 2.75) is 30.6 Å². The largest absolute Gasteiger partial charge is 0.381 e. The van der Waals surface area contributed by atoms with E-state index in [2.05, 4.69) is 9.71 Å². The molecule has 1 aliphatic heterocycles. The van der Waals surface area contributed by atoms with Crippen molar-refractivity contribution in [3.8, 4) is 0 Å². The Bertz CT molecular complexity index is 684. The average molecular weight is 340 g/mol. The van der Waals surface area contributed by atoms with Crippen molar-refractivity contribution in [1.82, 2.24) is 4.98 Å². The molecule has 4 nitrogen and oxygen atoms in total. The zero-order chi connectivity index (χ0) is 15.5. The van der Waals surface area contributed by atoms with Crippen molar-refractivity contribution in [3.63, 3.8) is 0 Å². The summed E-state index contributed by atoms with van der Waals surface area (Å²) in [6.45, 7) is 3.28. The van der Waals surface area contributed by atoms with Crippen LogP contribution >= 0.6 is 11.3 Å². The van der Waals surface area contributed by atoms with E-state index in [-0.39, 0.29) is 5.82 Å². The van der Waals surface area contributed by atoms with Crippen molar-refractivity contribution in [2.24, 2.45) is 0 Å². The number of hydrogen-bond donors (Lipinski definition) is 1. The van der Waals surface area contributed by atoms with Gasteiger partial charge in [-0.1, -0.05) is 0 Å². The van der Waals surface area contributed by atoms with Gasteiger partial charge in [0, 0.05) is 24.5 Å². The van der Waals surface area contributed by atoms with Gasteiger partial charge in [0.1, 0.15) is 5.82 Å². The lowest BCUT2D eigenvalue weighted by Gasteiger charge is -2.19. The van der Waals surface area contributed by atoms with Gasteiger partial charge in [0.05, 0.1) is 10.6 Å². The Kier molecular flexibility index (Phi) is 4.85. The van der Waals surface area contributed by atoms with Crippen LogP contribution in [0.15, 0.2) is 28.5 Å². The number of halogens is 1. The molecular weight excluding hydrogens is 323 g/mol. The van der Waals surface area contributed by atoms with E-state index in [9.17, 15) is 8.60 Å². The van der Waals surface area contributed by atoms with Gasteiger partial charge in [0.2, 0.25) is 0 Å². The van der Waals surface area contributed by atoms with Gasteiger partial charge in [0.25, 0.3) is 0 Å². The monoisotopic (exact) mass is 340 g/mol. The Balaban J connectivity index is 1.70. The van der Waals surface area contributed by atoms with Gasteiger partial charge in [-0.05, 0) is 43.5 Å². The first-order chi connectivity index (χ1) is 10.6. The molecule has 0 radical (unpaired) electrons. The minimum absolute atomic E-state index is 0.325. The molecule has 1 aliphatic rings. The number of rotatable bonds is 4. The third kappa shape index (κ3) is 3.53. The summed E-state index contributed by atoms with van der Waals surface area (Å²) in [6.07, 6.45) is 1.95. The Morgan fingerprint density at radius 1 is 1.41 bits per heavy atom. The lowest BCUT2D eigenvalue weighted by atomic mass is 9.98. The molecule has 118 valence electrons. The molecule has 0 spiro atoms. The number of anilines is 1. The number of ether oxygens (including phenoxy) is 1. The van der Waals surface area contributed by atoms with Crippen LogP contribution in [-0.4, -0.2) is 22.4 Å². The number of thiazole rings is 1. The van der Waals surface area contributed by atoms with Crippen molar-refractivity contribution >= 4 is 27.5 Å². The fourth-order valence-electron chi connectivity index (χ4n) is 2.47. The van der Waals surface area contributed by atoms with Crippen LogP contribution in [0.25, 0.3) is 0 Å². The smallest absolute Gasteiger partial charge is 0.195 e. The van der Waals surface area contributed by atoms with Crippen LogP contribution in [0.5, 0.6) is 0 Å². The Labute approximate surface area is 135 Å². The second kappa shape index (κ2) is 6.85. The molecule has 2 aromatic rings. The third-order valence-electron chi connectivity index (χ3n) is 3.68. The maximum Gasteiger partial charge on any atom is 0.195 e. The van der Waals surface area contributed by atoms with Gasteiger partial charge in [-0.2, -0.15) is 0 Å². The van der Waals surface area contributed by atoms with Crippen LogP contribution in [0.1, 0.15) is 30.0 Å². The predicted molar refractivity (Wildman–Crippen MR) is 86.1 cm³/mol. The molecule has 7 heteroatoms. The standard InChI is InChI=1S/C15H17FN2O2S2/c1-10-8-12(16)2-3-14(10)22(19)18-15-17-13(9-21-15)11-4-6-20-7-5-11/h2-3,8-9,11H,4-7H2,1H3,(H,17,18). The second-order valence-corrected chi connectivity index (χ2v) is 7.28. The lowest BCUT2D eigenvalue weighted by molar-refractivity contribution is 0.0846. The molecule has 22 heavy (non-hydrogen) atoms. The van der Waals surface area contributed by atoms with Gasteiger partial charge in [0.15, 0.2) is 16.1 Å². The van der Waals surface area contributed by atoms with Gasteiger partial charge < -0.3 is 4.74 Å². The summed E-state index contributed by atoms with van der Waals surface area (Å²) in [6, 6.07) is 4.24. The van der Waals surface area contributed by atoms with Crippen LogP contribution in [0.2, 0.25) is 0 Å². The molecule has 1 aromatic carbocycles. The first-order valence-corrected chi connectivity index (χ1v) is 9.14. The van der Waals surface area contributed by atoms with Crippen LogP contribution < -0.4 is 4.72 Å². The zero-order valence-electron chi connectivity index (χ0n) is 12.2. The molecule has 1 unspecified atom stereocenters. The van der Waals surface area contributed by atoms with E-state index in [0.717, 1.165) is 31.7 Å². The number of benzene rings is 1. The molecule has 2 heterocycles. The molecule has 0 bridgehead atoms. The maximum absolute atomic E-state index is 13.1. The van der Waals surface area contributed by atoms with E-state index >= 15 is 0 Å². The van der Waals surface area contributed by atoms with E-state index < -0.39 is 11.0 Å². The highest BCUT2D eigenvalue weighted by Gasteiger charge is 2.19. The normalized spacial score (nSPS) is 17.4. The predicted octanol–water partition coefficient (Wildman–Crippen LogP) is 3.62. The molecule has 3 rings (SSSR count). The lowest BCUT2D eigenvalue weighted by Crippen LogP contribution is -2.14. The molecule has 0 amide bonds. The highest BCUT2D eigenvalue weighted by Crippen LogP contribution is 2.30. The van der Waals surface area contributed by atoms with E-state index in [1.54, 1.807) is 13.0 Å². The average Bonchev–Trinajstić information content (AvgIpc) is 2.96. The summed E-state index contributed by atoms with van der Waals surface area (Å²) in [5.41, 5.74) is 1.69. The summed E-state index contributed by atoms with van der Waals surface area (Å²) in [5.74, 6) is 0.0934. The van der Waals surface area contributed by atoms with Crippen molar-refractivity contribution in [1.29, 1.82) is 0 Å². The quantitative estimate of drug-likeness (QED) is 0.925. The third-order valence-corrected chi connectivity index (χ3v) is 5.82. The van der Waals surface area contributed by atoms with E-state index in [4.69, 9.17) is 4.74 Å². The fraction of sp³-hybridized carbons (Fsp3) is 0.400. The van der Waals surface area contributed by atoms with E-state index in [0.29, 0.717) is 21.5 Å². The van der Waals surface area contributed by atoms with E-state index in [1.165, 1.54) is 23.5 Å². The molecule has 0 aliphatic carbocycles. The van der Waals surface area contributed by atoms with Crippen LogP contribution in [0.4, 0.5) is 9.52 Å². The molecule has 1 saturated heterocycles. The Morgan fingerprint density at radius 2 is 2.18 bits per heavy atom. The summed E-state index contributed by atoms with van der Waals surface area (Å²) < 4.78 is 33.7. The molecule has 1 aromatic heterocycles. The number of hydrogen-bond acceptors (Lipinski definition) is 4. The van der Waals surface area contributed by atoms with Crippen molar-refractivity contribution in [2.75, 3.05) is 17.9 Å². The summed E-state index contributed by atoms with van der Waals surface area (Å²) in [5, 5.41) is 2.64. The first kappa shape index (κ1) is 15.6. The summed E-state index contributed by atoms with van der Waals surface area (Å²) >= 11 is 1.45. The molecule has 1 fully saturated rings. The Morgan fingerprint density at radius 3 is 2.91 bits per heavy atom. The first-order valence-electron chi connectivity index (χ1n) is 7.11. The fourth-order valence-corrected chi connectivity index (χ4v) is 4.38. The van der Waals surface area contributed by atoms with Crippen LogP contribution in [0, 0.1) is 12.7 Å². The highest BCUT2D eigenvalue weighted by atomic mass is 32.2. The summed E-state index contributed by atoms with van der Waals surface area (Å²) in [7, 11) is -1.44. The van der Waals surface area contributed by atoms with Gasteiger partial charge >= 0.3 is 0 Å². The maximum atomic E-state index is 13.1. The number of nitrogens with one attached hydrogen (secondary N) is 1. The summed E-state index contributed by atoms with van der Waals surface area (Å²) in [4.78, 5) is 5.10. The SMILES string of the molecule is Cc1cc(F)ccc1S(=O)Nc1nc(C2CCOCC2)cs1. The number of aromatic nitrogens is 1. The Hall–Kier alpha value is -1.31. The van der Waals surface area contributed by atoms with Crippen molar-refractivity contribution < 1.29 is 13.3 Å². The topological polar surface area (TPSA) is 51.2 Å². The minimum Gasteiger partial charge on any atom is -0.381 e. The van der Waals surface area contributed by atoms with Crippen LogP contribution in [0.3, 0.4) is 0 Å². The van der Waals surface area contributed by atoms with Gasteiger partial charge in [-0.3, -0.25) is 4.72 Å². The molecule has 1 atom stereocenters. The molecular formula is C15H17FN2O2S2. The second-order valence-electron chi connectivity index (χ2n) is 5.24. The zero-order valence-corrected chi connectivity index (χ0v) is 13.8. The van der Waals surface area contributed by atoms with Crippen molar-refractivity contribution in [3.05, 3.63) is 40.7 Å². The van der Waals surface area contributed by atoms with Gasteiger partial charge in [-0.25, -0.2) is 13.6 Å². The minimum atomic E-state index is -1.44. The number of nitrogens with zero attached hydrogens (tertiary/aromatic N) is 1. The van der Waals surface area contributed by atoms with E-state index in [1.807, 2.05) is 5.38 Å². The van der Waals surface area contributed by atoms with Gasteiger partial charge in [-0.15, -0.1) is 11.3 Å². The molecule has 0 saturated carbocycles. The van der Waals surface area contributed by atoms with Crippen LogP contribution in [-0.2, 0) is 15.7 Å².